The van der Waals surface area contributed by atoms with Gasteiger partial charge in [-0.1, -0.05) is 30.3 Å². The average Bonchev–Trinajstić information content (AvgIpc) is 2.72. The van der Waals surface area contributed by atoms with E-state index in [0.717, 1.165) is 4.90 Å². The summed E-state index contributed by atoms with van der Waals surface area (Å²) in [6.45, 7) is 1.08. The summed E-state index contributed by atoms with van der Waals surface area (Å²) in [6, 6.07) is 9.97. The Hall–Kier alpha value is -3.43. The number of aryl methyl sites for hydroxylation is 1. The third-order valence-corrected chi connectivity index (χ3v) is 4.61. The molecule has 10 heteroatoms. The van der Waals surface area contributed by atoms with Gasteiger partial charge in [-0.05, 0) is 36.2 Å². The summed E-state index contributed by atoms with van der Waals surface area (Å²) in [5.74, 6) is -0.375. The predicted octanol–water partition coefficient (Wildman–Crippen LogP) is 5.76. The van der Waals surface area contributed by atoms with E-state index >= 15 is 0 Å². The van der Waals surface area contributed by atoms with Crippen LogP contribution in [0.15, 0.2) is 54.7 Å². The van der Waals surface area contributed by atoms with Gasteiger partial charge in [0.25, 0.3) is 5.91 Å². The number of aromatic nitrogens is 2. The molecule has 2 aromatic carbocycles. The van der Waals surface area contributed by atoms with Crippen molar-refractivity contribution in [3.05, 3.63) is 82.9 Å². The van der Waals surface area contributed by atoms with Gasteiger partial charge >= 0.3 is 12.4 Å². The van der Waals surface area contributed by atoms with Gasteiger partial charge in [0.1, 0.15) is 11.5 Å². The Balaban J connectivity index is 1.97. The number of benzene rings is 2. The van der Waals surface area contributed by atoms with E-state index in [0.29, 0.717) is 29.1 Å². The van der Waals surface area contributed by atoms with E-state index in [-0.39, 0.29) is 17.3 Å². The molecule has 32 heavy (non-hydrogen) atoms. The molecule has 0 saturated carbocycles. The summed E-state index contributed by atoms with van der Waals surface area (Å²) in [7, 11) is 1.28. The highest BCUT2D eigenvalue weighted by Crippen LogP contribution is 2.36. The molecule has 0 saturated heterocycles. The Morgan fingerprint density at radius 3 is 2.03 bits per heavy atom. The van der Waals surface area contributed by atoms with E-state index in [2.05, 4.69) is 9.97 Å². The summed E-state index contributed by atoms with van der Waals surface area (Å²) in [5.41, 5.74) is -2.16. The number of halogens is 6. The molecule has 0 aliphatic carbocycles. The van der Waals surface area contributed by atoms with Crippen molar-refractivity contribution in [1.82, 2.24) is 14.9 Å². The highest BCUT2D eigenvalue weighted by Gasteiger charge is 2.37. The van der Waals surface area contributed by atoms with Crippen molar-refractivity contribution in [2.45, 2.75) is 25.8 Å². The number of hydrogen-bond acceptors (Lipinski definition) is 3. The topological polar surface area (TPSA) is 46.1 Å². The molecule has 0 aliphatic heterocycles. The van der Waals surface area contributed by atoms with Gasteiger partial charge in [0.2, 0.25) is 0 Å². The first-order valence-corrected chi connectivity index (χ1v) is 9.29. The zero-order valence-electron chi connectivity index (χ0n) is 16.9. The first kappa shape index (κ1) is 23.2. The number of carbonyl (C=O) groups excluding carboxylic acids is 1. The molecule has 1 aromatic heterocycles. The van der Waals surface area contributed by atoms with Crippen molar-refractivity contribution in [3.8, 4) is 11.1 Å². The smallest absolute Gasteiger partial charge is 0.336 e. The molecule has 0 fully saturated rings. The molecule has 0 bridgehead atoms. The fourth-order valence-corrected chi connectivity index (χ4v) is 3.10. The Morgan fingerprint density at radius 1 is 0.938 bits per heavy atom. The van der Waals surface area contributed by atoms with Gasteiger partial charge in [-0.15, -0.1) is 0 Å². The van der Waals surface area contributed by atoms with Crippen molar-refractivity contribution >= 4 is 5.91 Å². The van der Waals surface area contributed by atoms with Gasteiger partial charge in [-0.25, -0.2) is 9.97 Å². The fourth-order valence-electron chi connectivity index (χ4n) is 3.10. The maximum Gasteiger partial charge on any atom is 0.416 e. The van der Waals surface area contributed by atoms with Gasteiger partial charge in [-0.2, -0.15) is 26.3 Å². The van der Waals surface area contributed by atoms with Crippen LogP contribution in [0.4, 0.5) is 26.3 Å². The van der Waals surface area contributed by atoms with E-state index in [9.17, 15) is 31.1 Å². The minimum atomic E-state index is -4.97. The normalized spacial score (nSPS) is 12.0. The minimum Gasteiger partial charge on any atom is -0.336 e. The monoisotopic (exact) mass is 453 g/mol. The third-order valence-electron chi connectivity index (χ3n) is 4.61. The van der Waals surface area contributed by atoms with Crippen LogP contribution in [0.5, 0.6) is 0 Å². The number of carbonyl (C=O) groups is 1. The van der Waals surface area contributed by atoms with Crippen LogP contribution in [0.2, 0.25) is 0 Å². The van der Waals surface area contributed by atoms with Crippen molar-refractivity contribution in [1.29, 1.82) is 0 Å². The lowest BCUT2D eigenvalue weighted by molar-refractivity contribution is -0.143. The maximum atomic E-state index is 13.1. The van der Waals surface area contributed by atoms with Crippen LogP contribution in [-0.4, -0.2) is 27.8 Å². The SMILES string of the molecule is Cc1ncc(-c2ccccc2)c(C(=O)N(C)Cc2cc(C(F)(F)F)cc(C(F)(F)F)c2)n1. The fraction of sp³-hybridized carbons (Fsp3) is 0.227. The molecule has 0 atom stereocenters. The second-order valence-corrected chi connectivity index (χ2v) is 7.12. The molecule has 4 nitrogen and oxygen atoms in total. The van der Waals surface area contributed by atoms with Gasteiger partial charge in [-0.3, -0.25) is 4.79 Å². The molecule has 3 rings (SSSR count). The quantitative estimate of drug-likeness (QED) is 0.472. The Labute approximate surface area is 179 Å². The lowest BCUT2D eigenvalue weighted by Crippen LogP contribution is -2.28. The van der Waals surface area contributed by atoms with E-state index in [1.807, 2.05) is 0 Å². The second-order valence-electron chi connectivity index (χ2n) is 7.12. The summed E-state index contributed by atoms with van der Waals surface area (Å²) in [4.78, 5) is 22.3. The maximum absolute atomic E-state index is 13.1. The first-order valence-electron chi connectivity index (χ1n) is 9.29. The molecule has 0 unspecified atom stereocenters. The Kier molecular flexibility index (Phi) is 6.25. The van der Waals surface area contributed by atoms with Gasteiger partial charge in [0, 0.05) is 25.4 Å². The largest absolute Gasteiger partial charge is 0.416 e. The van der Waals surface area contributed by atoms with Gasteiger partial charge in [0.15, 0.2) is 0 Å². The standard InChI is InChI=1S/C22H17F6N3O/c1-13-29-11-18(15-6-4-3-5-7-15)19(30-13)20(32)31(2)12-14-8-16(21(23,24)25)10-17(9-14)22(26,27)28/h3-11H,12H2,1-2H3. The highest BCUT2D eigenvalue weighted by atomic mass is 19.4. The van der Waals surface area contributed by atoms with Crippen LogP contribution in [0.25, 0.3) is 11.1 Å². The Morgan fingerprint density at radius 2 is 1.50 bits per heavy atom. The van der Waals surface area contributed by atoms with E-state index in [1.54, 1.807) is 37.3 Å². The third kappa shape index (κ3) is 5.24. The lowest BCUT2D eigenvalue weighted by atomic mass is 10.0. The summed E-state index contributed by atoms with van der Waals surface area (Å²) in [5, 5.41) is 0. The summed E-state index contributed by atoms with van der Waals surface area (Å²) >= 11 is 0. The molecule has 0 spiro atoms. The molecule has 1 amide bonds. The van der Waals surface area contributed by atoms with Crippen molar-refractivity contribution in [2.24, 2.45) is 0 Å². The van der Waals surface area contributed by atoms with Crippen molar-refractivity contribution < 1.29 is 31.1 Å². The first-order chi connectivity index (χ1) is 14.9. The zero-order valence-corrected chi connectivity index (χ0v) is 16.9. The molecule has 1 heterocycles. The molecule has 3 aromatic rings. The van der Waals surface area contributed by atoms with Crippen LogP contribution in [0.3, 0.4) is 0 Å². The summed E-state index contributed by atoms with van der Waals surface area (Å²) in [6.07, 6.45) is -8.49. The molecular weight excluding hydrogens is 436 g/mol. The number of alkyl halides is 6. The lowest BCUT2D eigenvalue weighted by Gasteiger charge is -2.20. The summed E-state index contributed by atoms with van der Waals surface area (Å²) < 4.78 is 78.7. The zero-order chi connectivity index (χ0) is 23.7. The van der Waals surface area contributed by atoms with Crippen LogP contribution < -0.4 is 0 Å². The molecule has 0 radical (unpaired) electrons. The van der Waals surface area contributed by atoms with E-state index in [4.69, 9.17) is 0 Å². The van der Waals surface area contributed by atoms with Crippen molar-refractivity contribution in [2.75, 3.05) is 7.05 Å². The molecular formula is C22H17F6N3O. The number of hydrogen-bond donors (Lipinski definition) is 0. The van der Waals surface area contributed by atoms with Crippen LogP contribution >= 0.6 is 0 Å². The van der Waals surface area contributed by atoms with Crippen LogP contribution in [0, 0.1) is 6.92 Å². The number of amides is 1. The predicted molar refractivity (Wildman–Crippen MR) is 104 cm³/mol. The number of rotatable bonds is 4. The van der Waals surface area contributed by atoms with E-state index in [1.165, 1.54) is 13.2 Å². The van der Waals surface area contributed by atoms with Gasteiger partial charge in [0.05, 0.1) is 11.1 Å². The molecule has 168 valence electrons. The molecule has 0 N–H and O–H groups in total. The highest BCUT2D eigenvalue weighted by molar-refractivity contribution is 5.98. The van der Waals surface area contributed by atoms with Crippen LogP contribution in [0.1, 0.15) is 33.0 Å². The number of nitrogens with zero attached hydrogens (tertiary/aromatic N) is 3. The molecule has 0 aliphatic rings. The average molecular weight is 453 g/mol. The minimum absolute atomic E-state index is 0.00535. The van der Waals surface area contributed by atoms with Crippen molar-refractivity contribution in [3.63, 3.8) is 0 Å². The van der Waals surface area contributed by atoms with Crippen LogP contribution in [-0.2, 0) is 18.9 Å². The second kappa shape index (κ2) is 8.60. The van der Waals surface area contributed by atoms with Gasteiger partial charge < -0.3 is 4.90 Å². The van der Waals surface area contributed by atoms with E-state index < -0.39 is 35.9 Å². The Bertz CT molecular complexity index is 1090.